The first-order chi connectivity index (χ1) is 10.4. The molecule has 2 saturated heterocycles. The Labute approximate surface area is 134 Å². The van der Waals surface area contributed by atoms with Crippen molar-refractivity contribution in [3.8, 4) is 0 Å². The van der Waals surface area contributed by atoms with E-state index >= 15 is 0 Å². The van der Waals surface area contributed by atoms with Crippen molar-refractivity contribution >= 4 is 16.7 Å². The zero-order valence-corrected chi connectivity index (χ0v) is 14.6. The number of piperidine rings is 2. The molecule has 2 aliphatic heterocycles. The summed E-state index contributed by atoms with van der Waals surface area (Å²) in [5, 5.41) is 1.36. The summed E-state index contributed by atoms with van der Waals surface area (Å²) >= 11 is 0. The van der Waals surface area contributed by atoms with E-state index in [1.807, 2.05) is 0 Å². The Hall–Kier alpha value is -1.44. The summed E-state index contributed by atoms with van der Waals surface area (Å²) in [6.07, 6.45) is 4.00. The van der Waals surface area contributed by atoms with Crippen molar-refractivity contribution in [2.75, 3.05) is 4.90 Å². The fraction of sp³-hybridized carbons (Fsp3) is 0.600. The van der Waals surface area contributed by atoms with E-state index in [2.05, 4.69) is 74.5 Å². The Morgan fingerprint density at radius 3 is 2.50 bits per heavy atom. The van der Waals surface area contributed by atoms with Crippen LogP contribution in [0, 0.1) is 11.3 Å². The van der Waals surface area contributed by atoms with Gasteiger partial charge in [0, 0.05) is 29.5 Å². The van der Waals surface area contributed by atoms with Crippen LogP contribution >= 0.6 is 0 Å². The number of anilines is 1. The number of fused-ring (bicyclic) bond motifs is 4. The van der Waals surface area contributed by atoms with Gasteiger partial charge in [-0.25, -0.2) is 0 Å². The highest BCUT2D eigenvalue weighted by molar-refractivity contribution is 5.85. The largest absolute Gasteiger partial charge is 0.349 e. The van der Waals surface area contributed by atoms with Crippen molar-refractivity contribution in [2.24, 2.45) is 18.4 Å². The molecule has 1 saturated carbocycles. The predicted molar refractivity (Wildman–Crippen MR) is 94.4 cm³/mol. The first-order valence-corrected chi connectivity index (χ1v) is 8.71. The Bertz CT molecular complexity index is 730. The van der Waals surface area contributed by atoms with E-state index in [-0.39, 0.29) is 0 Å². The molecule has 4 unspecified atom stereocenters. The van der Waals surface area contributed by atoms with Crippen LogP contribution in [-0.4, -0.2) is 16.1 Å². The molecule has 0 spiro atoms. The third-order valence-electron chi connectivity index (χ3n) is 7.17. The van der Waals surface area contributed by atoms with Crippen LogP contribution in [0.5, 0.6) is 0 Å². The third kappa shape index (κ3) is 1.61. The smallest absolute Gasteiger partial charge is 0.110 e. The van der Waals surface area contributed by atoms with Gasteiger partial charge in [-0.05, 0) is 56.6 Å². The van der Waals surface area contributed by atoms with Crippen molar-refractivity contribution in [3.63, 3.8) is 0 Å². The van der Waals surface area contributed by atoms with Gasteiger partial charge in [-0.15, -0.1) is 0 Å². The predicted octanol–water partition coefficient (Wildman–Crippen LogP) is 4.97. The lowest BCUT2D eigenvalue weighted by Crippen LogP contribution is -2.68. The molecule has 2 nitrogen and oxygen atoms in total. The Morgan fingerprint density at radius 2 is 1.82 bits per heavy atom. The monoisotopic (exact) mass is 296 g/mol. The summed E-state index contributed by atoms with van der Waals surface area (Å²) in [7, 11) is 2.22. The molecule has 0 N–H and O–H groups in total. The minimum absolute atomic E-state index is 0.304. The maximum Gasteiger partial charge on any atom is 0.110 e. The van der Waals surface area contributed by atoms with Crippen molar-refractivity contribution < 1.29 is 0 Å². The number of hydrogen-bond donors (Lipinski definition) is 0. The minimum Gasteiger partial charge on any atom is -0.349 e. The molecule has 0 radical (unpaired) electrons. The lowest BCUT2D eigenvalue weighted by atomic mass is 9.54. The lowest BCUT2D eigenvalue weighted by Gasteiger charge is -2.65. The fourth-order valence-corrected chi connectivity index (χ4v) is 5.36. The van der Waals surface area contributed by atoms with E-state index in [4.69, 9.17) is 0 Å². The molecule has 1 aromatic heterocycles. The molecule has 3 heterocycles. The molecule has 2 aromatic rings. The van der Waals surface area contributed by atoms with Gasteiger partial charge in [0.2, 0.25) is 0 Å². The van der Waals surface area contributed by atoms with E-state index in [9.17, 15) is 0 Å². The molecule has 2 heteroatoms. The summed E-state index contributed by atoms with van der Waals surface area (Å²) in [4.78, 5) is 2.75. The molecular weight excluding hydrogens is 268 g/mol. The zero-order valence-electron chi connectivity index (χ0n) is 14.6. The average Bonchev–Trinajstić information content (AvgIpc) is 2.80. The number of rotatable bonds is 1. The van der Waals surface area contributed by atoms with Gasteiger partial charge >= 0.3 is 0 Å². The van der Waals surface area contributed by atoms with Crippen LogP contribution < -0.4 is 4.90 Å². The lowest BCUT2D eigenvalue weighted by molar-refractivity contribution is -0.00595. The third-order valence-corrected chi connectivity index (χ3v) is 7.17. The van der Waals surface area contributed by atoms with Gasteiger partial charge in [0.05, 0.1) is 0 Å². The fourth-order valence-electron chi connectivity index (χ4n) is 5.36. The van der Waals surface area contributed by atoms with Crippen LogP contribution in [0.1, 0.15) is 47.0 Å². The number of nitrogens with zero attached hydrogens (tertiary/aromatic N) is 2. The topological polar surface area (TPSA) is 8.17 Å². The molecule has 118 valence electrons. The maximum absolute atomic E-state index is 2.75. The molecule has 22 heavy (non-hydrogen) atoms. The first kappa shape index (κ1) is 14.2. The molecule has 2 bridgehead atoms. The van der Waals surface area contributed by atoms with Crippen LogP contribution in [0.4, 0.5) is 5.82 Å². The van der Waals surface area contributed by atoms with Crippen molar-refractivity contribution in [1.82, 2.24) is 4.57 Å². The summed E-state index contributed by atoms with van der Waals surface area (Å²) < 4.78 is 2.39. The van der Waals surface area contributed by atoms with Gasteiger partial charge in [-0.1, -0.05) is 32.0 Å². The Morgan fingerprint density at radius 1 is 1.09 bits per heavy atom. The molecule has 3 aliphatic rings. The van der Waals surface area contributed by atoms with Crippen molar-refractivity contribution in [2.45, 2.75) is 58.5 Å². The minimum atomic E-state index is 0.304. The van der Waals surface area contributed by atoms with Crippen LogP contribution in [0.3, 0.4) is 0 Å². The molecule has 4 atom stereocenters. The second kappa shape index (κ2) is 4.31. The van der Waals surface area contributed by atoms with Gasteiger partial charge in [-0.3, -0.25) is 0 Å². The first-order valence-electron chi connectivity index (χ1n) is 8.71. The summed E-state index contributed by atoms with van der Waals surface area (Å²) in [6, 6.07) is 11.7. The van der Waals surface area contributed by atoms with E-state index in [1.165, 1.54) is 36.0 Å². The molecule has 1 aromatic carbocycles. The molecule has 0 amide bonds. The van der Waals surface area contributed by atoms with Gasteiger partial charge in [0.15, 0.2) is 0 Å². The number of hydrogen-bond acceptors (Lipinski definition) is 1. The number of aromatic nitrogens is 1. The number of aryl methyl sites for hydroxylation is 1. The number of para-hydroxylation sites is 1. The van der Waals surface area contributed by atoms with Crippen LogP contribution in [0.15, 0.2) is 30.3 Å². The molecule has 5 rings (SSSR count). The van der Waals surface area contributed by atoms with Crippen molar-refractivity contribution in [3.05, 3.63) is 30.3 Å². The van der Waals surface area contributed by atoms with E-state index < -0.39 is 0 Å². The molecule has 1 aliphatic carbocycles. The van der Waals surface area contributed by atoms with Crippen LogP contribution in [0.2, 0.25) is 0 Å². The van der Waals surface area contributed by atoms with Gasteiger partial charge in [-0.2, -0.15) is 0 Å². The summed E-state index contributed by atoms with van der Waals surface area (Å²) in [5.74, 6) is 2.21. The highest BCUT2D eigenvalue weighted by Crippen LogP contribution is 2.58. The second-order valence-corrected chi connectivity index (χ2v) is 8.27. The highest BCUT2D eigenvalue weighted by Gasteiger charge is 2.57. The van der Waals surface area contributed by atoms with E-state index in [0.717, 1.165) is 5.92 Å². The van der Waals surface area contributed by atoms with Crippen LogP contribution in [-0.2, 0) is 7.05 Å². The second-order valence-electron chi connectivity index (χ2n) is 8.27. The molecular formula is C20H28N2. The highest BCUT2D eigenvalue weighted by atomic mass is 15.3. The normalized spacial score (nSPS) is 38.0. The summed E-state index contributed by atoms with van der Waals surface area (Å²) in [6.45, 7) is 9.91. The Kier molecular flexibility index (Phi) is 2.77. The number of benzene rings is 1. The average molecular weight is 296 g/mol. The van der Waals surface area contributed by atoms with Gasteiger partial charge < -0.3 is 9.47 Å². The SMILES string of the molecule is CC1CC2(C)CCC1(C)C(C)N2c1cc2ccccc2n1C. The zero-order chi connectivity index (χ0) is 15.7. The molecule has 3 fully saturated rings. The maximum atomic E-state index is 2.75. The van der Waals surface area contributed by atoms with Crippen LogP contribution in [0.25, 0.3) is 10.9 Å². The quantitative estimate of drug-likeness (QED) is 0.721. The Balaban J connectivity index is 1.89. The standard InChI is InChI=1S/C20H28N2/c1-14-13-19(3)10-11-20(14,4)15(2)22(19)18-12-16-8-6-7-9-17(16)21(18)5/h6-9,12,14-15H,10-11,13H2,1-5H3. The van der Waals surface area contributed by atoms with Gasteiger partial charge in [0.25, 0.3) is 0 Å². The van der Waals surface area contributed by atoms with E-state index in [1.54, 1.807) is 0 Å². The van der Waals surface area contributed by atoms with E-state index in [0.29, 0.717) is 17.0 Å². The van der Waals surface area contributed by atoms with Gasteiger partial charge in [0.1, 0.15) is 5.82 Å². The summed E-state index contributed by atoms with van der Waals surface area (Å²) in [5.41, 5.74) is 2.08. The van der Waals surface area contributed by atoms with Crippen molar-refractivity contribution in [1.29, 1.82) is 0 Å².